The Bertz CT molecular complexity index is 1220. The maximum absolute atomic E-state index is 12.8. The second kappa shape index (κ2) is 10.0. The molecule has 4 rings (SSSR count). The molecule has 0 aliphatic heterocycles. The average molecular weight is 477 g/mol. The first-order valence-corrected chi connectivity index (χ1v) is 11.4. The first-order chi connectivity index (χ1) is 16.8. The molecule has 0 bridgehead atoms. The zero-order valence-corrected chi connectivity index (χ0v) is 19.8. The van der Waals surface area contributed by atoms with Gasteiger partial charge < -0.3 is 20.5 Å². The molecule has 9 nitrogen and oxygen atoms in total. The van der Waals surface area contributed by atoms with Crippen LogP contribution in [0.3, 0.4) is 0 Å². The molecule has 35 heavy (non-hydrogen) atoms. The molecule has 1 heterocycles. The summed E-state index contributed by atoms with van der Waals surface area (Å²) >= 11 is 0. The van der Waals surface area contributed by atoms with Crippen LogP contribution in [0.15, 0.2) is 54.7 Å². The Morgan fingerprint density at radius 2 is 1.66 bits per heavy atom. The van der Waals surface area contributed by atoms with Crippen LogP contribution in [0.4, 0.5) is 4.79 Å². The molecule has 9 heteroatoms. The van der Waals surface area contributed by atoms with E-state index in [1.54, 1.807) is 20.9 Å². The van der Waals surface area contributed by atoms with Gasteiger partial charge in [0.25, 0.3) is 0 Å². The highest BCUT2D eigenvalue weighted by molar-refractivity contribution is 5.89. The third kappa shape index (κ3) is 4.89. The van der Waals surface area contributed by atoms with Crippen LogP contribution in [0.1, 0.15) is 46.9 Å². The Morgan fingerprint density at radius 3 is 2.23 bits per heavy atom. The maximum Gasteiger partial charge on any atom is 0.407 e. The van der Waals surface area contributed by atoms with Gasteiger partial charge in [-0.2, -0.15) is 5.10 Å². The lowest BCUT2D eigenvalue weighted by Gasteiger charge is -2.22. The van der Waals surface area contributed by atoms with Crippen molar-refractivity contribution in [2.45, 2.75) is 32.4 Å². The standard InChI is InChI=1S/C26H28N4O5/c1-15(2)23(24(31)27-13-22-20(25(32)33)12-28-30(22)3)29-26(34)35-14-21-18-10-6-4-8-16(18)17-9-5-7-11-19(17)21/h4-12,15,21,23H,13-14H2,1-3H3,(H,27,31)(H,29,34)(H,32,33). The van der Waals surface area contributed by atoms with Crippen molar-refractivity contribution in [1.29, 1.82) is 0 Å². The number of aromatic nitrogens is 2. The van der Waals surface area contributed by atoms with Gasteiger partial charge in [-0.3, -0.25) is 9.48 Å². The number of alkyl carbamates (subject to hydrolysis) is 1. The summed E-state index contributed by atoms with van der Waals surface area (Å²) in [4.78, 5) is 36.9. The van der Waals surface area contributed by atoms with E-state index in [-0.39, 0.29) is 30.6 Å². The zero-order chi connectivity index (χ0) is 25.1. The number of nitrogens with one attached hydrogen (secondary N) is 2. The number of carbonyl (C=O) groups is 3. The number of aromatic carboxylic acids is 1. The summed E-state index contributed by atoms with van der Waals surface area (Å²) in [7, 11) is 1.60. The molecule has 1 unspecified atom stereocenters. The molecule has 0 saturated heterocycles. The molecule has 2 aromatic carbocycles. The number of hydrogen-bond acceptors (Lipinski definition) is 5. The first-order valence-electron chi connectivity index (χ1n) is 11.4. The van der Waals surface area contributed by atoms with Gasteiger partial charge in [0.1, 0.15) is 18.2 Å². The van der Waals surface area contributed by atoms with E-state index in [0.29, 0.717) is 5.69 Å². The Morgan fingerprint density at radius 1 is 1.06 bits per heavy atom. The number of rotatable bonds is 8. The highest BCUT2D eigenvalue weighted by atomic mass is 16.5. The van der Waals surface area contributed by atoms with E-state index in [1.807, 2.05) is 36.4 Å². The minimum Gasteiger partial charge on any atom is -0.478 e. The van der Waals surface area contributed by atoms with Crippen molar-refractivity contribution < 1.29 is 24.2 Å². The van der Waals surface area contributed by atoms with Crippen molar-refractivity contribution in [2.24, 2.45) is 13.0 Å². The summed E-state index contributed by atoms with van der Waals surface area (Å²) in [6, 6.07) is 15.3. The van der Waals surface area contributed by atoms with Gasteiger partial charge >= 0.3 is 12.1 Å². The summed E-state index contributed by atoms with van der Waals surface area (Å²) in [5, 5.41) is 18.6. The molecule has 2 amide bonds. The van der Waals surface area contributed by atoms with Gasteiger partial charge in [0.15, 0.2) is 0 Å². The fraction of sp³-hybridized carbons (Fsp3) is 0.308. The second-order valence-corrected chi connectivity index (χ2v) is 8.84. The van der Waals surface area contributed by atoms with Gasteiger partial charge in [-0.25, -0.2) is 9.59 Å². The third-order valence-corrected chi connectivity index (χ3v) is 6.29. The maximum atomic E-state index is 12.8. The number of carbonyl (C=O) groups excluding carboxylic acids is 2. The quantitative estimate of drug-likeness (QED) is 0.459. The number of hydrogen-bond donors (Lipinski definition) is 3. The molecule has 0 radical (unpaired) electrons. The summed E-state index contributed by atoms with van der Waals surface area (Å²) in [5.41, 5.74) is 4.84. The lowest BCUT2D eigenvalue weighted by molar-refractivity contribution is -0.124. The van der Waals surface area contributed by atoms with Gasteiger partial charge in [0, 0.05) is 13.0 Å². The smallest absolute Gasteiger partial charge is 0.407 e. The number of ether oxygens (including phenoxy) is 1. The zero-order valence-electron chi connectivity index (χ0n) is 19.8. The molecule has 1 atom stereocenters. The monoisotopic (exact) mass is 476 g/mol. The molecule has 0 spiro atoms. The molecular weight excluding hydrogens is 448 g/mol. The molecule has 182 valence electrons. The van der Waals surface area contributed by atoms with Crippen molar-refractivity contribution in [2.75, 3.05) is 6.61 Å². The number of benzene rings is 2. The van der Waals surface area contributed by atoms with E-state index in [0.717, 1.165) is 22.3 Å². The van der Waals surface area contributed by atoms with E-state index in [1.165, 1.54) is 10.9 Å². The average Bonchev–Trinajstić information content (AvgIpc) is 3.37. The summed E-state index contributed by atoms with van der Waals surface area (Å²) in [5.74, 6) is -1.87. The molecule has 3 aromatic rings. The van der Waals surface area contributed by atoms with Crippen LogP contribution in [0.2, 0.25) is 0 Å². The number of nitrogens with zero attached hydrogens (tertiary/aromatic N) is 2. The van der Waals surface area contributed by atoms with Gasteiger partial charge in [-0.1, -0.05) is 62.4 Å². The molecule has 1 aromatic heterocycles. The van der Waals surface area contributed by atoms with Crippen LogP contribution in [-0.4, -0.2) is 45.5 Å². The predicted molar refractivity (Wildman–Crippen MR) is 129 cm³/mol. The molecular formula is C26H28N4O5. The summed E-state index contributed by atoms with van der Waals surface area (Å²) in [6.45, 7) is 3.72. The fourth-order valence-electron chi connectivity index (χ4n) is 4.43. The highest BCUT2D eigenvalue weighted by Crippen LogP contribution is 2.44. The summed E-state index contributed by atoms with van der Waals surface area (Å²) in [6.07, 6.45) is 0.547. The topological polar surface area (TPSA) is 123 Å². The van der Waals surface area contributed by atoms with Crippen molar-refractivity contribution in [3.05, 3.63) is 77.1 Å². The molecule has 0 fully saturated rings. The number of carboxylic acids is 1. The van der Waals surface area contributed by atoms with Gasteiger partial charge in [0.2, 0.25) is 5.91 Å². The number of aryl methyl sites for hydroxylation is 1. The Balaban J connectivity index is 1.39. The van der Waals surface area contributed by atoms with Crippen LogP contribution < -0.4 is 10.6 Å². The lowest BCUT2D eigenvalue weighted by atomic mass is 9.98. The van der Waals surface area contributed by atoms with Crippen molar-refractivity contribution in [3.63, 3.8) is 0 Å². The molecule has 1 aliphatic carbocycles. The minimum atomic E-state index is -1.13. The van der Waals surface area contributed by atoms with Crippen molar-refractivity contribution >= 4 is 18.0 Å². The molecule has 1 aliphatic rings. The van der Waals surface area contributed by atoms with Gasteiger partial charge in [0.05, 0.1) is 18.4 Å². The van der Waals surface area contributed by atoms with Crippen LogP contribution in [0.5, 0.6) is 0 Å². The number of carboxylic acid groups (broad SMARTS) is 1. The number of amides is 2. The molecule has 3 N–H and O–H groups in total. The number of fused-ring (bicyclic) bond motifs is 3. The normalized spacial score (nSPS) is 13.1. The minimum absolute atomic E-state index is 0.0124. The van der Waals surface area contributed by atoms with Crippen molar-refractivity contribution in [3.8, 4) is 11.1 Å². The van der Waals surface area contributed by atoms with Crippen LogP contribution >= 0.6 is 0 Å². The third-order valence-electron chi connectivity index (χ3n) is 6.29. The SMILES string of the molecule is CC(C)C(NC(=O)OCC1c2ccccc2-c2ccccc21)C(=O)NCc1c(C(=O)O)cnn1C. The Labute approximate surface area is 203 Å². The highest BCUT2D eigenvalue weighted by Gasteiger charge is 2.30. The van der Waals surface area contributed by atoms with E-state index >= 15 is 0 Å². The largest absolute Gasteiger partial charge is 0.478 e. The van der Waals surface area contributed by atoms with Crippen LogP contribution in [0.25, 0.3) is 11.1 Å². The van der Waals surface area contributed by atoms with Crippen LogP contribution in [0, 0.1) is 5.92 Å². The lowest BCUT2D eigenvalue weighted by Crippen LogP contribution is -2.50. The van der Waals surface area contributed by atoms with Gasteiger partial charge in [-0.05, 0) is 28.2 Å². The van der Waals surface area contributed by atoms with Gasteiger partial charge in [-0.15, -0.1) is 0 Å². The summed E-state index contributed by atoms with van der Waals surface area (Å²) < 4.78 is 6.96. The first kappa shape index (κ1) is 24.0. The van der Waals surface area contributed by atoms with E-state index in [9.17, 15) is 19.5 Å². The van der Waals surface area contributed by atoms with Crippen molar-refractivity contribution in [1.82, 2.24) is 20.4 Å². The van der Waals surface area contributed by atoms with E-state index in [2.05, 4.69) is 27.9 Å². The Hall–Kier alpha value is -4.14. The fourth-order valence-corrected chi connectivity index (χ4v) is 4.43. The van der Waals surface area contributed by atoms with Crippen LogP contribution in [-0.2, 0) is 23.1 Å². The predicted octanol–water partition coefficient (Wildman–Crippen LogP) is 3.30. The van der Waals surface area contributed by atoms with E-state index in [4.69, 9.17) is 4.74 Å². The molecule has 0 saturated carbocycles. The second-order valence-electron chi connectivity index (χ2n) is 8.84. The van der Waals surface area contributed by atoms with E-state index < -0.39 is 24.0 Å². The Kier molecular flexibility index (Phi) is 6.86.